The molecular weight excluding hydrogens is 442 g/mol. The molecule has 1 aliphatic rings. The molecule has 0 saturated heterocycles. The number of nitrogens with one attached hydrogen (secondary N) is 2. The molecule has 0 spiro atoms. The van der Waals surface area contributed by atoms with Gasteiger partial charge in [0.1, 0.15) is 29.1 Å². The second-order valence-electron chi connectivity index (χ2n) is 8.16. The van der Waals surface area contributed by atoms with Crippen molar-refractivity contribution in [3.05, 3.63) is 102 Å². The fourth-order valence-corrected chi connectivity index (χ4v) is 4.08. The van der Waals surface area contributed by atoms with Gasteiger partial charge in [-0.05, 0) is 67.9 Å². The van der Waals surface area contributed by atoms with Gasteiger partial charge in [-0.25, -0.2) is 4.68 Å². The predicted molar refractivity (Wildman–Crippen MR) is 134 cm³/mol. The molecule has 1 amide bonds. The Morgan fingerprint density at radius 3 is 2.26 bits per heavy atom. The first-order chi connectivity index (χ1) is 17.0. The average Bonchev–Trinajstić information content (AvgIpc) is 3.24. The lowest BCUT2D eigenvalue weighted by molar-refractivity contribution is -0.113. The summed E-state index contributed by atoms with van der Waals surface area (Å²) in [6.45, 7) is 3.70. The standard InChI is InChI=1S/C27H25N5O3/c1-17-24(26(33)30-20-11-15-23(16-12-20)35-22-7-5-4-6-8-22)25(19-9-13-21(34-3)14-10-19)32-27(28-17)29-18(2)31-32/h4-16,25H,1-3H3,(H,30,33)(H,28,29,31). The van der Waals surface area contributed by atoms with Gasteiger partial charge >= 0.3 is 0 Å². The summed E-state index contributed by atoms with van der Waals surface area (Å²) in [4.78, 5) is 18.0. The Kier molecular flexibility index (Phi) is 5.93. The molecule has 0 fully saturated rings. The van der Waals surface area contributed by atoms with E-state index in [0.29, 0.717) is 34.5 Å². The SMILES string of the molecule is COc1ccc(C2C(C(=O)Nc3ccc(Oc4ccccc4)cc3)=C(C)Nc3nc(C)nn32)cc1. The summed E-state index contributed by atoms with van der Waals surface area (Å²) in [6, 6.07) is 24.0. The molecule has 1 atom stereocenters. The van der Waals surface area contributed by atoms with E-state index in [1.54, 1.807) is 11.8 Å². The van der Waals surface area contributed by atoms with Gasteiger partial charge in [-0.1, -0.05) is 30.3 Å². The van der Waals surface area contributed by atoms with E-state index in [4.69, 9.17) is 9.47 Å². The summed E-state index contributed by atoms with van der Waals surface area (Å²) >= 11 is 0. The molecule has 2 heterocycles. The number of nitrogens with zero attached hydrogens (tertiary/aromatic N) is 3. The van der Waals surface area contributed by atoms with Gasteiger partial charge < -0.3 is 20.1 Å². The number of aryl methyl sites for hydroxylation is 1. The van der Waals surface area contributed by atoms with Crippen LogP contribution in [0, 0.1) is 6.92 Å². The van der Waals surface area contributed by atoms with E-state index in [2.05, 4.69) is 20.7 Å². The number of ether oxygens (including phenoxy) is 2. The van der Waals surface area contributed by atoms with Crippen molar-refractivity contribution in [2.24, 2.45) is 0 Å². The largest absolute Gasteiger partial charge is 0.497 e. The molecule has 2 N–H and O–H groups in total. The van der Waals surface area contributed by atoms with Crippen molar-refractivity contribution in [1.82, 2.24) is 14.8 Å². The van der Waals surface area contributed by atoms with E-state index in [9.17, 15) is 4.79 Å². The Balaban J connectivity index is 1.41. The minimum atomic E-state index is -0.445. The highest BCUT2D eigenvalue weighted by Crippen LogP contribution is 2.36. The number of fused-ring (bicyclic) bond motifs is 1. The van der Waals surface area contributed by atoms with Gasteiger partial charge in [0.05, 0.1) is 12.7 Å². The number of aromatic nitrogens is 3. The fourth-order valence-electron chi connectivity index (χ4n) is 4.08. The lowest BCUT2D eigenvalue weighted by atomic mass is 9.95. The highest BCUT2D eigenvalue weighted by Gasteiger charge is 2.34. The normalized spacial score (nSPS) is 14.7. The fraction of sp³-hybridized carbons (Fsp3) is 0.148. The molecule has 0 radical (unpaired) electrons. The molecule has 8 heteroatoms. The average molecular weight is 468 g/mol. The van der Waals surface area contributed by atoms with Gasteiger partial charge in [0.15, 0.2) is 0 Å². The zero-order valence-corrected chi connectivity index (χ0v) is 19.6. The zero-order valence-electron chi connectivity index (χ0n) is 19.6. The van der Waals surface area contributed by atoms with Gasteiger partial charge in [0, 0.05) is 11.4 Å². The number of methoxy groups -OCH3 is 1. The first-order valence-corrected chi connectivity index (χ1v) is 11.2. The maximum absolute atomic E-state index is 13.6. The summed E-state index contributed by atoms with van der Waals surface area (Å²) in [5.41, 5.74) is 2.82. The zero-order chi connectivity index (χ0) is 24.4. The van der Waals surface area contributed by atoms with Gasteiger partial charge in [-0.15, -0.1) is 0 Å². The van der Waals surface area contributed by atoms with Crippen molar-refractivity contribution in [1.29, 1.82) is 0 Å². The Morgan fingerprint density at radius 1 is 0.914 bits per heavy atom. The predicted octanol–water partition coefficient (Wildman–Crippen LogP) is 5.32. The maximum Gasteiger partial charge on any atom is 0.255 e. The van der Waals surface area contributed by atoms with Crippen LogP contribution in [-0.2, 0) is 4.79 Å². The molecule has 1 aromatic heterocycles. The van der Waals surface area contributed by atoms with E-state index in [0.717, 1.165) is 17.1 Å². The van der Waals surface area contributed by atoms with Crippen molar-refractivity contribution in [3.63, 3.8) is 0 Å². The van der Waals surface area contributed by atoms with E-state index < -0.39 is 6.04 Å². The molecule has 35 heavy (non-hydrogen) atoms. The molecular formula is C27H25N5O3. The van der Waals surface area contributed by atoms with Crippen molar-refractivity contribution in [2.75, 3.05) is 17.7 Å². The minimum Gasteiger partial charge on any atom is -0.497 e. The molecule has 5 rings (SSSR count). The van der Waals surface area contributed by atoms with Gasteiger partial charge in [-0.3, -0.25) is 4.79 Å². The number of carbonyl (C=O) groups is 1. The Labute approximate surface area is 203 Å². The summed E-state index contributed by atoms with van der Waals surface area (Å²) < 4.78 is 12.9. The smallest absolute Gasteiger partial charge is 0.255 e. The second kappa shape index (κ2) is 9.34. The monoisotopic (exact) mass is 467 g/mol. The highest BCUT2D eigenvalue weighted by molar-refractivity contribution is 6.06. The number of hydrogen-bond acceptors (Lipinski definition) is 6. The lowest BCUT2D eigenvalue weighted by Crippen LogP contribution is -2.31. The number of amides is 1. The molecule has 4 aromatic rings. The van der Waals surface area contributed by atoms with Crippen molar-refractivity contribution < 1.29 is 14.3 Å². The number of benzene rings is 3. The Bertz CT molecular complexity index is 1380. The van der Waals surface area contributed by atoms with Crippen LogP contribution < -0.4 is 20.1 Å². The van der Waals surface area contributed by atoms with Crippen LogP contribution in [0.1, 0.15) is 24.4 Å². The highest BCUT2D eigenvalue weighted by atomic mass is 16.5. The molecule has 176 valence electrons. The first kappa shape index (κ1) is 22.2. The molecule has 1 unspecified atom stereocenters. The van der Waals surface area contributed by atoms with Crippen molar-refractivity contribution >= 4 is 17.5 Å². The third-order valence-electron chi connectivity index (χ3n) is 5.73. The third kappa shape index (κ3) is 4.59. The Hall–Kier alpha value is -4.59. The number of anilines is 2. The van der Waals surface area contributed by atoms with Crippen LogP contribution in [0.3, 0.4) is 0 Å². The summed E-state index contributed by atoms with van der Waals surface area (Å²) in [6.07, 6.45) is 0. The molecule has 0 aliphatic carbocycles. The second-order valence-corrected chi connectivity index (χ2v) is 8.16. The maximum atomic E-state index is 13.6. The Morgan fingerprint density at radius 2 is 1.57 bits per heavy atom. The van der Waals surface area contributed by atoms with E-state index >= 15 is 0 Å². The topological polar surface area (TPSA) is 90.3 Å². The molecule has 1 aliphatic heterocycles. The van der Waals surface area contributed by atoms with Gasteiger partial charge in [0.25, 0.3) is 5.91 Å². The molecule has 0 bridgehead atoms. The lowest BCUT2D eigenvalue weighted by Gasteiger charge is -2.28. The van der Waals surface area contributed by atoms with Crippen molar-refractivity contribution in [2.45, 2.75) is 19.9 Å². The number of allylic oxidation sites excluding steroid dienone is 1. The third-order valence-corrected chi connectivity index (χ3v) is 5.73. The van der Waals surface area contributed by atoms with Crippen LogP contribution in [0.2, 0.25) is 0 Å². The van der Waals surface area contributed by atoms with E-state index in [1.165, 1.54) is 0 Å². The van der Waals surface area contributed by atoms with Crippen LogP contribution >= 0.6 is 0 Å². The van der Waals surface area contributed by atoms with E-state index in [1.807, 2.05) is 92.7 Å². The molecule has 8 nitrogen and oxygen atoms in total. The number of rotatable bonds is 6. The summed E-state index contributed by atoms with van der Waals surface area (Å²) in [5.74, 6) is 3.16. The van der Waals surface area contributed by atoms with Crippen LogP contribution in [0.25, 0.3) is 0 Å². The van der Waals surface area contributed by atoms with Crippen LogP contribution in [0.4, 0.5) is 11.6 Å². The van der Waals surface area contributed by atoms with E-state index in [-0.39, 0.29) is 5.91 Å². The first-order valence-electron chi connectivity index (χ1n) is 11.2. The van der Waals surface area contributed by atoms with Crippen LogP contribution in [-0.4, -0.2) is 27.8 Å². The summed E-state index contributed by atoms with van der Waals surface area (Å²) in [5, 5.41) is 10.8. The number of carbonyl (C=O) groups excluding carboxylic acids is 1. The summed E-state index contributed by atoms with van der Waals surface area (Å²) in [7, 11) is 1.62. The number of hydrogen-bond donors (Lipinski definition) is 2. The van der Waals surface area contributed by atoms with Crippen molar-refractivity contribution in [3.8, 4) is 17.2 Å². The number of para-hydroxylation sites is 1. The molecule has 0 saturated carbocycles. The van der Waals surface area contributed by atoms with Gasteiger partial charge in [0.2, 0.25) is 5.95 Å². The van der Waals surface area contributed by atoms with Gasteiger partial charge in [-0.2, -0.15) is 10.1 Å². The minimum absolute atomic E-state index is 0.230. The van der Waals surface area contributed by atoms with Crippen LogP contribution in [0.15, 0.2) is 90.1 Å². The quantitative estimate of drug-likeness (QED) is 0.399. The molecule has 3 aromatic carbocycles. The van der Waals surface area contributed by atoms with Crippen LogP contribution in [0.5, 0.6) is 17.2 Å².